The molecular formula is C17H27BrN2. The van der Waals surface area contributed by atoms with Gasteiger partial charge in [0.1, 0.15) is 0 Å². The van der Waals surface area contributed by atoms with Crippen LogP contribution in [0, 0.1) is 0 Å². The van der Waals surface area contributed by atoms with E-state index in [4.69, 9.17) is 5.73 Å². The Morgan fingerprint density at radius 1 is 1.35 bits per heavy atom. The van der Waals surface area contributed by atoms with E-state index in [0.717, 1.165) is 12.8 Å². The van der Waals surface area contributed by atoms with Crippen LogP contribution in [-0.2, 0) is 6.42 Å². The Hall–Kier alpha value is -0.540. The first-order chi connectivity index (χ1) is 9.61. The monoisotopic (exact) mass is 338 g/mol. The van der Waals surface area contributed by atoms with Gasteiger partial charge in [0.05, 0.1) is 5.69 Å². The zero-order chi connectivity index (χ0) is 14.5. The van der Waals surface area contributed by atoms with Crippen molar-refractivity contribution >= 4 is 21.6 Å². The molecule has 1 heterocycles. The number of hydrogen-bond donors (Lipinski definition) is 1. The second-order valence-corrected chi connectivity index (χ2v) is 6.90. The molecule has 2 rings (SSSR count). The molecule has 0 bridgehead atoms. The number of benzene rings is 1. The largest absolute Gasteiger partial charge is 0.368 e. The van der Waals surface area contributed by atoms with Crippen LogP contribution in [0.15, 0.2) is 22.7 Å². The van der Waals surface area contributed by atoms with Crippen molar-refractivity contribution in [2.24, 2.45) is 5.73 Å². The first kappa shape index (κ1) is 15.8. The van der Waals surface area contributed by atoms with E-state index in [-0.39, 0.29) is 6.04 Å². The fraction of sp³-hybridized carbons (Fsp3) is 0.647. The SMILES string of the molecule is CCC(N)Cc1ccc(N2CCCCCC2C)c(Br)c1. The van der Waals surface area contributed by atoms with E-state index in [1.54, 1.807) is 0 Å². The van der Waals surface area contributed by atoms with Crippen molar-refractivity contribution in [2.75, 3.05) is 11.4 Å². The molecule has 1 fully saturated rings. The van der Waals surface area contributed by atoms with E-state index in [1.165, 1.54) is 48.0 Å². The van der Waals surface area contributed by atoms with E-state index in [2.05, 4.69) is 52.9 Å². The fourth-order valence-corrected chi connectivity index (χ4v) is 3.64. The smallest absolute Gasteiger partial charge is 0.0513 e. The van der Waals surface area contributed by atoms with Crippen molar-refractivity contribution in [1.82, 2.24) is 0 Å². The Bertz CT molecular complexity index is 433. The molecule has 0 aromatic heterocycles. The van der Waals surface area contributed by atoms with Gasteiger partial charge in [-0.3, -0.25) is 0 Å². The molecule has 3 heteroatoms. The van der Waals surface area contributed by atoms with Crippen LogP contribution in [-0.4, -0.2) is 18.6 Å². The molecule has 1 aliphatic rings. The van der Waals surface area contributed by atoms with Crippen LogP contribution in [0.5, 0.6) is 0 Å². The number of nitrogens with zero attached hydrogens (tertiary/aromatic N) is 1. The Kier molecular flexibility index (Phi) is 5.91. The summed E-state index contributed by atoms with van der Waals surface area (Å²) in [6, 6.07) is 7.67. The van der Waals surface area contributed by atoms with Gasteiger partial charge in [0.15, 0.2) is 0 Å². The number of anilines is 1. The summed E-state index contributed by atoms with van der Waals surface area (Å²) in [6.07, 6.45) is 7.32. The lowest BCUT2D eigenvalue weighted by atomic mass is 10.0. The predicted molar refractivity (Wildman–Crippen MR) is 91.4 cm³/mol. The highest BCUT2D eigenvalue weighted by Gasteiger charge is 2.19. The van der Waals surface area contributed by atoms with Crippen LogP contribution in [0.2, 0.25) is 0 Å². The van der Waals surface area contributed by atoms with Crippen LogP contribution in [0.25, 0.3) is 0 Å². The van der Waals surface area contributed by atoms with Gasteiger partial charge in [-0.05, 0) is 66.2 Å². The second kappa shape index (κ2) is 7.46. The summed E-state index contributed by atoms with van der Waals surface area (Å²) in [6.45, 7) is 5.67. The number of halogens is 1. The third-order valence-electron chi connectivity index (χ3n) is 4.40. The molecule has 0 saturated carbocycles. The molecule has 2 unspecified atom stereocenters. The van der Waals surface area contributed by atoms with Gasteiger partial charge in [-0.15, -0.1) is 0 Å². The molecule has 2 nitrogen and oxygen atoms in total. The molecule has 0 radical (unpaired) electrons. The van der Waals surface area contributed by atoms with Gasteiger partial charge in [-0.2, -0.15) is 0 Å². The first-order valence-electron chi connectivity index (χ1n) is 7.92. The molecular weight excluding hydrogens is 312 g/mol. The Labute approximate surface area is 131 Å². The van der Waals surface area contributed by atoms with Crippen molar-refractivity contribution in [3.8, 4) is 0 Å². The molecule has 112 valence electrons. The summed E-state index contributed by atoms with van der Waals surface area (Å²) < 4.78 is 1.21. The summed E-state index contributed by atoms with van der Waals surface area (Å²) >= 11 is 3.77. The highest BCUT2D eigenvalue weighted by molar-refractivity contribution is 9.10. The Balaban J connectivity index is 2.15. The predicted octanol–water partition coefficient (Wildman–Crippen LogP) is 4.50. The highest BCUT2D eigenvalue weighted by Crippen LogP contribution is 2.32. The minimum Gasteiger partial charge on any atom is -0.368 e. The van der Waals surface area contributed by atoms with Gasteiger partial charge in [-0.1, -0.05) is 25.8 Å². The van der Waals surface area contributed by atoms with Crippen molar-refractivity contribution < 1.29 is 0 Å². The maximum Gasteiger partial charge on any atom is 0.0513 e. The molecule has 0 amide bonds. The van der Waals surface area contributed by atoms with E-state index in [9.17, 15) is 0 Å². The zero-order valence-electron chi connectivity index (χ0n) is 12.7. The summed E-state index contributed by atoms with van der Waals surface area (Å²) in [4.78, 5) is 2.56. The van der Waals surface area contributed by atoms with Gasteiger partial charge < -0.3 is 10.6 Å². The van der Waals surface area contributed by atoms with E-state index in [0.29, 0.717) is 6.04 Å². The number of rotatable bonds is 4. The average molecular weight is 339 g/mol. The number of nitrogens with two attached hydrogens (primary N) is 1. The summed E-state index contributed by atoms with van der Waals surface area (Å²) in [5, 5.41) is 0. The molecule has 0 aliphatic carbocycles. The van der Waals surface area contributed by atoms with Crippen LogP contribution in [0.1, 0.15) is 51.5 Å². The summed E-state index contributed by atoms with van der Waals surface area (Å²) in [5.74, 6) is 0. The van der Waals surface area contributed by atoms with Crippen LogP contribution in [0.3, 0.4) is 0 Å². The van der Waals surface area contributed by atoms with E-state index >= 15 is 0 Å². The normalized spacial score (nSPS) is 21.6. The minimum absolute atomic E-state index is 0.268. The van der Waals surface area contributed by atoms with E-state index < -0.39 is 0 Å². The topological polar surface area (TPSA) is 29.3 Å². The van der Waals surface area contributed by atoms with Crippen molar-refractivity contribution in [2.45, 2.75) is 64.5 Å². The Morgan fingerprint density at radius 2 is 2.15 bits per heavy atom. The third kappa shape index (κ3) is 3.98. The van der Waals surface area contributed by atoms with E-state index in [1.807, 2.05) is 0 Å². The lowest BCUT2D eigenvalue weighted by Gasteiger charge is -2.30. The number of hydrogen-bond acceptors (Lipinski definition) is 2. The quantitative estimate of drug-likeness (QED) is 0.875. The second-order valence-electron chi connectivity index (χ2n) is 6.05. The Morgan fingerprint density at radius 3 is 2.85 bits per heavy atom. The lowest BCUT2D eigenvalue weighted by Crippen LogP contribution is -2.32. The molecule has 2 N–H and O–H groups in total. The standard InChI is InChI=1S/C17H27BrN2/c1-3-15(19)11-14-8-9-17(16(18)12-14)20-10-6-4-5-7-13(20)2/h8-9,12-13,15H,3-7,10-11,19H2,1-2H3. The van der Waals surface area contributed by atoms with Crippen molar-refractivity contribution in [1.29, 1.82) is 0 Å². The molecule has 2 atom stereocenters. The van der Waals surface area contributed by atoms with Crippen LogP contribution < -0.4 is 10.6 Å². The molecule has 0 spiro atoms. The van der Waals surface area contributed by atoms with Gasteiger partial charge >= 0.3 is 0 Å². The summed E-state index contributed by atoms with van der Waals surface area (Å²) in [5.41, 5.74) is 8.72. The van der Waals surface area contributed by atoms with Gasteiger partial charge in [0, 0.05) is 23.1 Å². The maximum atomic E-state index is 6.05. The molecule has 1 saturated heterocycles. The molecule has 1 aromatic carbocycles. The van der Waals surface area contributed by atoms with Crippen LogP contribution >= 0.6 is 15.9 Å². The molecule has 20 heavy (non-hydrogen) atoms. The zero-order valence-corrected chi connectivity index (χ0v) is 14.3. The van der Waals surface area contributed by atoms with Gasteiger partial charge in [-0.25, -0.2) is 0 Å². The highest BCUT2D eigenvalue weighted by atomic mass is 79.9. The minimum atomic E-state index is 0.268. The molecule has 1 aliphatic heterocycles. The van der Waals surface area contributed by atoms with Gasteiger partial charge in [0.25, 0.3) is 0 Å². The maximum absolute atomic E-state index is 6.05. The first-order valence-corrected chi connectivity index (χ1v) is 8.71. The average Bonchev–Trinajstić information content (AvgIpc) is 2.64. The third-order valence-corrected chi connectivity index (χ3v) is 5.03. The molecule has 1 aromatic rings. The lowest BCUT2D eigenvalue weighted by molar-refractivity contribution is 0.615. The van der Waals surface area contributed by atoms with Crippen LogP contribution in [0.4, 0.5) is 5.69 Å². The van der Waals surface area contributed by atoms with Crippen molar-refractivity contribution in [3.05, 3.63) is 28.2 Å². The van der Waals surface area contributed by atoms with Gasteiger partial charge in [0.2, 0.25) is 0 Å². The fourth-order valence-electron chi connectivity index (χ4n) is 2.99. The summed E-state index contributed by atoms with van der Waals surface area (Å²) in [7, 11) is 0. The van der Waals surface area contributed by atoms with Crippen molar-refractivity contribution in [3.63, 3.8) is 0 Å².